The summed E-state index contributed by atoms with van der Waals surface area (Å²) in [5, 5.41) is 5.83. The minimum atomic E-state index is -0.350. The Morgan fingerprint density at radius 1 is 0.784 bits per heavy atom. The summed E-state index contributed by atoms with van der Waals surface area (Å²) in [5.41, 5.74) is 1.16. The van der Waals surface area contributed by atoms with Gasteiger partial charge in [-0.2, -0.15) is 0 Å². The second-order valence-electron chi connectivity index (χ2n) is 7.77. The lowest BCUT2D eigenvalue weighted by Gasteiger charge is -2.24. The number of amides is 2. The van der Waals surface area contributed by atoms with Crippen LogP contribution in [0.15, 0.2) is 18.2 Å². The van der Waals surface area contributed by atoms with Crippen LogP contribution in [-0.4, -0.2) is 66.9 Å². The summed E-state index contributed by atoms with van der Waals surface area (Å²) in [4.78, 5) is 26.9. The molecule has 204 valence electrons. The first-order valence-electron chi connectivity index (χ1n) is 11.8. The van der Waals surface area contributed by atoms with Gasteiger partial charge in [0.1, 0.15) is 0 Å². The molecule has 2 aromatic rings. The quantitative estimate of drug-likeness (QED) is 0.222. The maximum absolute atomic E-state index is 13.5. The summed E-state index contributed by atoms with van der Waals surface area (Å²) < 4.78 is 34.1. The molecule has 0 atom stereocenters. The van der Waals surface area contributed by atoms with Crippen molar-refractivity contribution in [2.45, 2.75) is 26.7 Å². The summed E-state index contributed by atoms with van der Waals surface area (Å²) in [6.07, 6.45) is 1.49. The molecule has 0 aliphatic heterocycles. The molecule has 0 bridgehead atoms. The summed E-state index contributed by atoms with van der Waals surface area (Å²) in [7, 11) is 5.95. The number of nitrogens with one attached hydrogen (secondary N) is 2. The van der Waals surface area contributed by atoms with Gasteiger partial charge < -0.3 is 39.1 Å². The van der Waals surface area contributed by atoms with Crippen molar-refractivity contribution in [3.05, 3.63) is 32.9 Å². The zero-order chi connectivity index (χ0) is 27.4. The Kier molecular flexibility index (Phi) is 12.7. The van der Waals surface area contributed by atoms with Crippen molar-refractivity contribution < 1.29 is 38.0 Å². The van der Waals surface area contributed by atoms with Gasteiger partial charge in [-0.05, 0) is 53.6 Å². The fraction of sp³-hybridized carbons (Fsp3) is 0.462. The normalized spacial score (nSPS) is 10.6. The molecule has 0 aliphatic carbocycles. The largest absolute Gasteiger partial charge is 0.493 e. The fourth-order valence-electron chi connectivity index (χ4n) is 3.57. The van der Waals surface area contributed by atoms with Crippen LogP contribution in [0.4, 0.5) is 0 Å². The molecule has 0 spiro atoms. The van der Waals surface area contributed by atoms with E-state index in [1.807, 2.05) is 13.8 Å². The van der Waals surface area contributed by atoms with E-state index in [4.69, 9.17) is 28.4 Å². The van der Waals surface area contributed by atoms with Crippen molar-refractivity contribution >= 4 is 34.4 Å². The maximum Gasteiger partial charge on any atom is 0.253 e. The van der Waals surface area contributed by atoms with Gasteiger partial charge >= 0.3 is 0 Å². The highest BCUT2D eigenvalue weighted by atomic mass is 127. The van der Waals surface area contributed by atoms with Crippen molar-refractivity contribution in [2.24, 2.45) is 0 Å². The lowest BCUT2D eigenvalue weighted by Crippen LogP contribution is -2.27. The van der Waals surface area contributed by atoms with Gasteiger partial charge in [0.25, 0.3) is 11.8 Å². The minimum Gasteiger partial charge on any atom is -0.493 e. The van der Waals surface area contributed by atoms with Crippen molar-refractivity contribution in [3.63, 3.8) is 0 Å². The van der Waals surface area contributed by atoms with Crippen LogP contribution in [0.3, 0.4) is 0 Å². The number of carbonyl (C=O) groups is 2. The lowest BCUT2D eigenvalue weighted by atomic mass is 9.91. The molecule has 0 aromatic heterocycles. The van der Waals surface area contributed by atoms with E-state index < -0.39 is 0 Å². The Bertz CT molecular complexity index is 1080. The van der Waals surface area contributed by atoms with Crippen molar-refractivity contribution in [3.8, 4) is 34.1 Å². The number of hydrogen-bond acceptors (Lipinski definition) is 8. The van der Waals surface area contributed by atoms with Crippen molar-refractivity contribution in [1.82, 2.24) is 10.6 Å². The van der Waals surface area contributed by atoms with Crippen LogP contribution in [0.5, 0.6) is 23.0 Å². The number of ether oxygens (including phenoxy) is 6. The van der Waals surface area contributed by atoms with Crippen LogP contribution in [0.1, 0.15) is 47.4 Å². The molecule has 0 heterocycles. The molecule has 10 nitrogen and oxygen atoms in total. The van der Waals surface area contributed by atoms with E-state index in [2.05, 4.69) is 33.2 Å². The van der Waals surface area contributed by atoms with Crippen LogP contribution in [-0.2, 0) is 9.47 Å². The van der Waals surface area contributed by atoms with E-state index in [1.54, 1.807) is 18.2 Å². The van der Waals surface area contributed by atoms with Crippen LogP contribution in [0.25, 0.3) is 11.1 Å². The molecule has 2 rings (SSSR count). The smallest absolute Gasteiger partial charge is 0.253 e. The summed E-state index contributed by atoms with van der Waals surface area (Å²) in [5.74, 6) is 0.429. The highest BCUT2D eigenvalue weighted by Crippen LogP contribution is 2.50. The van der Waals surface area contributed by atoms with Crippen LogP contribution in [0.2, 0.25) is 0 Å². The van der Waals surface area contributed by atoms with Gasteiger partial charge in [-0.3, -0.25) is 9.59 Å². The number of halogens is 1. The number of rotatable bonds is 15. The zero-order valence-electron chi connectivity index (χ0n) is 22.1. The van der Waals surface area contributed by atoms with Crippen LogP contribution in [0, 0.1) is 3.57 Å². The summed E-state index contributed by atoms with van der Waals surface area (Å²) >= 11 is 2.07. The van der Waals surface area contributed by atoms with E-state index in [0.29, 0.717) is 44.8 Å². The van der Waals surface area contributed by atoms with Gasteiger partial charge in [-0.25, -0.2) is 0 Å². The predicted molar refractivity (Wildman–Crippen MR) is 148 cm³/mol. The molecule has 0 saturated carbocycles. The fourth-order valence-corrected chi connectivity index (χ4v) is 4.36. The van der Waals surface area contributed by atoms with E-state index in [9.17, 15) is 9.59 Å². The van der Waals surface area contributed by atoms with E-state index in [1.165, 1.54) is 28.4 Å². The number of benzene rings is 2. The standard InChI is InChI=1S/C26H35IN2O8/c1-7-11-28-25(30)16-9-10-18(34-5)23(36-14-32-3)20(16)22-21(26(31)29-12-8-2)17(27)13-19(35-6)24(22)37-15-33-4/h9-10,13H,7-8,11-12,14-15H2,1-6H3,(H,28,30)(H,29,31). The van der Waals surface area contributed by atoms with E-state index in [0.717, 1.165) is 12.8 Å². The average Bonchev–Trinajstić information content (AvgIpc) is 2.91. The zero-order valence-corrected chi connectivity index (χ0v) is 24.3. The van der Waals surface area contributed by atoms with Gasteiger partial charge in [0.15, 0.2) is 36.6 Å². The van der Waals surface area contributed by atoms with Gasteiger partial charge in [-0.15, -0.1) is 0 Å². The Hall–Kier alpha value is -2.77. The molecule has 0 aliphatic rings. The Balaban J connectivity index is 3.08. The molecule has 0 radical (unpaired) electrons. The molecule has 11 heteroatoms. The molecule has 2 amide bonds. The van der Waals surface area contributed by atoms with Crippen LogP contribution < -0.4 is 29.6 Å². The monoisotopic (exact) mass is 630 g/mol. The first kappa shape index (κ1) is 30.5. The highest BCUT2D eigenvalue weighted by Gasteiger charge is 2.32. The molecule has 0 saturated heterocycles. The minimum absolute atomic E-state index is 0.129. The predicted octanol–water partition coefficient (Wildman–Crippen LogP) is 4.22. The first-order valence-corrected chi connectivity index (χ1v) is 12.9. The molecule has 0 unspecified atom stereocenters. The van der Waals surface area contributed by atoms with Crippen molar-refractivity contribution in [2.75, 3.05) is 55.1 Å². The first-order chi connectivity index (χ1) is 17.9. The molecular formula is C26H35IN2O8. The third-order valence-corrected chi connectivity index (χ3v) is 6.04. The second kappa shape index (κ2) is 15.5. The van der Waals surface area contributed by atoms with Gasteiger partial charge in [0, 0.05) is 42.0 Å². The Morgan fingerprint density at radius 2 is 1.32 bits per heavy atom. The van der Waals surface area contributed by atoms with E-state index >= 15 is 0 Å². The van der Waals surface area contributed by atoms with Gasteiger partial charge in [0.2, 0.25) is 0 Å². The van der Waals surface area contributed by atoms with Crippen molar-refractivity contribution in [1.29, 1.82) is 0 Å². The maximum atomic E-state index is 13.5. The molecule has 2 N–H and O–H groups in total. The average molecular weight is 630 g/mol. The molecule has 37 heavy (non-hydrogen) atoms. The topological polar surface area (TPSA) is 114 Å². The highest BCUT2D eigenvalue weighted by molar-refractivity contribution is 14.1. The second-order valence-corrected chi connectivity index (χ2v) is 8.94. The number of hydrogen-bond donors (Lipinski definition) is 2. The third kappa shape index (κ3) is 7.39. The number of carbonyl (C=O) groups excluding carboxylic acids is 2. The van der Waals surface area contributed by atoms with Gasteiger partial charge in [-0.1, -0.05) is 13.8 Å². The Labute approximate surface area is 231 Å². The lowest BCUT2D eigenvalue weighted by molar-refractivity contribution is 0.0479. The molecular weight excluding hydrogens is 595 g/mol. The SMILES string of the molecule is CCCNC(=O)c1ccc(OC)c(OCOC)c1-c1c(OCOC)c(OC)cc(I)c1C(=O)NCCC. The van der Waals surface area contributed by atoms with Crippen LogP contribution >= 0.6 is 22.6 Å². The summed E-state index contributed by atoms with van der Waals surface area (Å²) in [6, 6.07) is 4.95. The molecule has 2 aromatic carbocycles. The number of methoxy groups -OCH3 is 4. The molecule has 0 fully saturated rings. The van der Waals surface area contributed by atoms with Gasteiger partial charge in [0.05, 0.1) is 25.3 Å². The summed E-state index contributed by atoms with van der Waals surface area (Å²) in [6.45, 7) is 4.59. The Morgan fingerprint density at radius 3 is 1.84 bits per heavy atom. The third-order valence-electron chi connectivity index (χ3n) is 5.19. The van der Waals surface area contributed by atoms with E-state index in [-0.39, 0.29) is 42.5 Å².